The molecule has 1 unspecified atom stereocenters. The quantitative estimate of drug-likeness (QED) is 0.778. The zero-order valence-electron chi connectivity index (χ0n) is 11.8. The van der Waals surface area contributed by atoms with Crippen LogP contribution in [0.5, 0.6) is 0 Å². The summed E-state index contributed by atoms with van der Waals surface area (Å²) in [7, 11) is 3.95. The number of hydrogen-bond donors (Lipinski definition) is 0. The molecular weight excluding hydrogens is 242 g/mol. The molecule has 4 nitrogen and oxygen atoms in total. The SMILES string of the molecule is CCOC(=O)CC1(N(C)C)COCc2ccccc21. The summed E-state index contributed by atoms with van der Waals surface area (Å²) in [6.45, 7) is 3.35. The van der Waals surface area contributed by atoms with E-state index >= 15 is 0 Å². The Labute approximate surface area is 114 Å². The van der Waals surface area contributed by atoms with E-state index in [0.717, 1.165) is 5.56 Å². The van der Waals surface area contributed by atoms with Gasteiger partial charge in [0.1, 0.15) is 0 Å². The molecular formula is C15H21NO3. The number of carbonyl (C=O) groups is 1. The molecule has 0 radical (unpaired) electrons. The number of esters is 1. The lowest BCUT2D eigenvalue weighted by atomic mass is 9.81. The Morgan fingerprint density at radius 2 is 2.16 bits per heavy atom. The second-order valence-electron chi connectivity index (χ2n) is 5.06. The van der Waals surface area contributed by atoms with Crippen LogP contribution in [-0.4, -0.2) is 38.2 Å². The van der Waals surface area contributed by atoms with E-state index in [4.69, 9.17) is 9.47 Å². The highest BCUT2D eigenvalue weighted by Crippen LogP contribution is 2.37. The van der Waals surface area contributed by atoms with Gasteiger partial charge in [-0.3, -0.25) is 9.69 Å². The van der Waals surface area contributed by atoms with Gasteiger partial charge in [0, 0.05) is 0 Å². The molecule has 4 heteroatoms. The lowest BCUT2D eigenvalue weighted by molar-refractivity contribution is -0.148. The Balaban J connectivity index is 2.38. The standard InChI is InChI=1S/C15H21NO3/c1-4-19-14(17)9-15(16(2)3)11-18-10-12-7-5-6-8-13(12)15/h5-8H,4,9-11H2,1-3H3. The maximum absolute atomic E-state index is 11.9. The van der Waals surface area contributed by atoms with Gasteiger partial charge in [-0.05, 0) is 32.1 Å². The van der Waals surface area contributed by atoms with E-state index in [1.165, 1.54) is 5.56 Å². The molecule has 0 spiro atoms. The molecule has 2 rings (SSSR count). The first-order chi connectivity index (χ1) is 9.10. The smallest absolute Gasteiger partial charge is 0.308 e. The molecule has 1 heterocycles. The van der Waals surface area contributed by atoms with Crippen LogP contribution in [0.15, 0.2) is 24.3 Å². The minimum absolute atomic E-state index is 0.184. The first kappa shape index (κ1) is 14.0. The van der Waals surface area contributed by atoms with Crippen molar-refractivity contribution < 1.29 is 14.3 Å². The van der Waals surface area contributed by atoms with Crippen LogP contribution >= 0.6 is 0 Å². The Morgan fingerprint density at radius 3 is 2.84 bits per heavy atom. The second kappa shape index (κ2) is 5.72. The number of likely N-dealkylation sites (N-methyl/N-ethyl adjacent to an activating group) is 1. The van der Waals surface area contributed by atoms with E-state index in [0.29, 0.717) is 26.2 Å². The fourth-order valence-corrected chi connectivity index (χ4v) is 2.63. The first-order valence-electron chi connectivity index (χ1n) is 6.59. The average molecular weight is 263 g/mol. The summed E-state index contributed by atoms with van der Waals surface area (Å²) >= 11 is 0. The molecule has 1 aliphatic heterocycles. The van der Waals surface area contributed by atoms with Gasteiger partial charge in [0.15, 0.2) is 0 Å². The number of carbonyl (C=O) groups excluding carboxylic acids is 1. The summed E-state index contributed by atoms with van der Waals surface area (Å²) in [6.07, 6.45) is 0.310. The van der Waals surface area contributed by atoms with Crippen molar-refractivity contribution in [3.05, 3.63) is 35.4 Å². The van der Waals surface area contributed by atoms with Gasteiger partial charge in [0.2, 0.25) is 0 Å². The number of hydrogen-bond acceptors (Lipinski definition) is 4. The molecule has 104 valence electrons. The number of benzene rings is 1. The lowest BCUT2D eigenvalue weighted by Gasteiger charge is -2.43. The second-order valence-corrected chi connectivity index (χ2v) is 5.06. The summed E-state index contributed by atoms with van der Waals surface area (Å²) in [5, 5.41) is 0. The van der Waals surface area contributed by atoms with Gasteiger partial charge in [-0.15, -0.1) is 0 Å². The third-order valence-electron chi connectivity index (χ3n) is 3.72. The molecule has 1 aliphatic rings. The third kappa shape index (κ3) is 2.65. The zero-order chi connectivity index (χ0) is 13.9. The van der Waals surface area contributed by atoms with Crippen molar-refractivity contribution in [2.24, 2.45) is 0 Å². The molecule has 1 aromatic carbocycles. The molecule has 1 atom stereocenters. The van der Waals surface area contributed by atoms with Crippen molar-refractivity contribution in [2.45, 2.75) is 25.5 Å². The predicted octanol–water partition coefficient (Wildman–Crippen LogP) is 1.93. The van der Waals surface area contributed by atoms with Gasteiger partial charge >= 0.3 is 5.97 Å². The van der Waals surface area contributed by atoms with Crippen LogP contribution in [0.3, 0.4) is 0 Å². The third-order valence-corrected chi connectivity index (χ3v) is 3.72. The summed E-state index contributed by atoms with van der Waals surface area (Å²) in [5.74, 6) is -0.184. The number of rotatable bonds is 4. The summed E-state index contributed by atoms with van der Waals surface area (Å²) in [4.78, 5) is 14.0. The Morgan fingerprint density at radius 1 is 1.42 bits per heavy atom. The zero-order valence-corrected chi connectivity index (χ0v) is 11.8. The van der Waals surface area contributed by atoms with Crippen molar-refractivity contribution in [3.8, 4) is 0 Å². The van der Waals surface area contributed by atoms with Crippen LogP contribution in [0, 0.1) is 0 Å². The maximum atomic E-state index is 11.9. The molecule has 0 aliphatic carbocycles. The van der Waals surface area contributed by atoms with Gasteiger partial charge in [-0.25, -0.2) is 0 Å². The first-order valence-corrected chi connectivity index (χ1v) is 6.59. The Hall–Kier alpha value is -1.39. The minimum atomic E-state index is -0.429. The lowest BCUT2D eigenvalue weighted by Crippen LogP contribution is -2.49. The van der Waals surface area contributed by atoms with Gasteiger partial charge in [0.25, 0.3) is 0 Å². The maximum Gasteiger partial charge on any atom is 0.308 e. The fraction of sp³-hybridized carbons (Fsp3) is 0.533. The molecule has 0 N–H and O–H groups in total. The normalized spacial score (nSPS) is 22.1. The van der Waals surface area contributed by atoms with Crippen LogP contribution in [-0.2, 0) is 26.4 Å². The van der Waals surface area contributed by atoms with Crippen LogP contribution < -0.4 is 0 Å². The summed E-state index contributed by atoms with van der Waals surface area (Å²) in [6, 6.07) is 8.14. The van der Waals surface area contributed by atoms with E-state index < -0.39 is 5.54 Å². The van der Waals surface area contributed by atoms with E-state index in [1.54, 1.807) is 0 Å². The van der Waals surface area contributed by atoms with Crippen molar-refractivity contribution in [1.29, 1.82) is 0 Å². The summed E-state index contributed by atoms with van der Waals surface area (Å²) in [5.41, 5.74) is 1.88. The monoisotopic (exact) mass is 263 g/mol. The molecule has 0 bridgehead atoms. The molecule has 0 fully saturated rings. The largest absolute Gasteiger partial charge is 0.466 e. The Kier molecular flexibility index (Phi) is 4.22. The predicted molar refractivity (Wildman–Crippen MR) is 72.7 cm³/mol. The van der Waals surface area contributed by atoms with Crippen LogP contribution in [0.25, 0.3) is 0 Å². The molecule has 0 saturated carbocycles. The Bertz CT molecular complexity index is 458. The van der Waals surface area contributed by atoms with E-state index in [1.807, 2.05) is 33.2 Å². The molecule has 19 heavy (non-hydrogen) atoms. The van der Waals surface area contributed by atoms with Crippen molar-refractivity contribution in [1.82, 2.24) is 4.90 Å². The average Bonchev–Trinajstić information content (AvgIpc) is 2.39. The number of ether oxygens (including phenoxy) is 2. The number of fused-ring (bicyclic) bond motifs is 1. The molecule has 0 aromatic heterocycles. The number of nitrogens with zero attached hydrogens (tertiary/aromatic N) is 1. The highest BCUT2D eigenvalue weighted by atomic mass is 16.5. The van der Waals surface area contributed by atoms with Gasteiger partial charge in [0.05, 0.1) is 31.8 Å². The molecule has 0 amide bonds. The highest BCUT2D eigenvalue weighted by Gasteiger charge is 2.41. The minimum Gasteiger partial charge on any atom is -0.466 e. The van der Waals surface area contributed by atoms with E-state index in [-0.39, 0.29) is 5.97 Å². The van der Waals surface area contributed by atoms with Crippen molar-refractivity contribution in [2.75, 3.05) is 27.3 Å². The van der Waals surface area contributed by atoms with Gasteiger partial charge < -0.3 is 9.47 Å². The van der Waals surface area contributed by atoms with Gasteiger partial charge in [-0.1, -0.05) is 24.3 Å². The molecule has 1 aromatic rings. The molecule has 0 saturated heterocycles. The van der Waals surface area contributed by atoms with Crippen molar-refractivity contribution >= 4 is 5.97 Å². The van der Waals surface area contributed by atoms with Crippen LogP contribution in [0.2, 0.25) is 0 Å². The van der Waals surface area contributed by atoms with Crippen molar-refractivity contribution in [3.63, 3.8) is 0 Å². The summed E-state index contributed by atoms with van der Waals surface area (Å²) < 4.78 is 10.8. The van der Waals surface area contributed by atoms with E-state index in [2.05, 4.69) is 17.0 Å². The topological polar surface area (TPSA) is 38.8 Å². The van der Waals surface area contributed by atoms with Gasteiger partial charge in [-0.2, -0.15) is 0 Å². The fourth-order valence-electron chi connectivity index (χ4n) is 2.63. The highest BCUT2D eigenvalue weighted by molar-refractivity contribution is 5.71. The van der Waals surface area contributed by atoms with Crippen LogP contribution in [0.4, 0.5) is 0 Å². The van der Waals surface area contributed by atoms with Crippen LogP contribution in [0.1, 0.15) is 24.5 Å². The van der Waals surface area contributed by atoms with E-state index in [9.17, 15) is 4.79 Å².